The quantitative estimate of drug-likeness (QED) is 0.186. The molecule has 0 radical (unpaired) electrons. The molecular weight excluding hydrogens is 542 g/mol. The van der Waals surface area contributed by atoms with Crippen LogP contribution in [0.25, 0.3) is 0 Å². The predicted octanol–water partition coefficient (Wildman–Crippen LogP) is -2.88. The van der Waals surface area contributed by atoms with Crippen molar-refractivity contribution < 1.29 is 29.2 Å². The fourth-order valence-electron chi connectivity index (χ4n) is 6.41. The molecule has 4 aliphatic heterocycles. The minimum absolute atomic E-state index is 0.0858. The van der Waals surface area contributed by atoms with E-state index >= 15 is 0 Å². The molecule has 5 atom stereocenters. The zero-order chi connectivity index (χ0) is 29.8. The van der Waals surface area contributed by atoms with Gasteiger partial charge in [0.05, 0.1) is 31.5 Å². The monoisotopic (exact) mass is 578 g/mol. The van der Waals surface area contributed by atoms with Crippen LogP contribution in [0.2, 0.25) is 0 Å². The number of methoxy groups -OCH3 is 1. The maximum atomic E-state index is 13.6. The summed E-state index contributed by atoms with van der Waals surface area (Å²) >= 11 is 0. The van der Waals surface area contributed by atoms with Crippen LogP contribution in [0.1, 0.15) is 46.7 Å². The van der Waals surface area contributed by atoms with E-state index in [0.29, 0.717) is 23.7 Å². The molecule has 6 rings (SSSR count). The van der Waals surface area contributed by atoms with Crippen LogP contribution in [0.4, 0.5) is 0 Å². The number of nitrogens with two attached hydrogens (primary N) is 2. The average molecular weight is 579 g/mol. The first-order valence-corrected chi connectivity index (χ1v) is 13.9. The summed E-state index contributed by atoms with van der Waals surface area (Å²) in [5.41, 5.74) is 12.8. The molecule has 0 bridgehead atoms. The van der Waals surface area contributed by atoms with Crippen LogP contribution in [-0.4, -0.2) is 95.4 Å². The minimum Gasteiger partial charge on any atom is -0.495 e. The molecule has 1 unspecified atom stereocenters. The van der Waals surface area contributed by atoms with Crippen LogP contribution in [0.3, 0.4) is 0 Å². The lowest BCUT2D eigenvalue weighted by Crippen LogP contribution is -2.88. The van der Waals surface area contributed by atoms with E-state index < -0.39 is 35.8 Å². The highest BCUT2D eigenvalue weighted by Crippen LogP contribution is 2.41. The summed E-state index contributed by atoms with van der Waals surface area (Å²) in [5, 5.41) is 20.7. The zero-order valence-electron chi connectivity index (χ0n) is 23.7. The molecule has 222 valence electrons. The Morgan fingerprint density at radius 1 is 1.26 bits per heavy atom. The Kier molecular flexibility index (Phi) is 6.60. The van der Waals surface area contributed by atoms with E-state index in [-0.39, 0.29) is 42.0 Å². The summed E-state index contributed by atoms with van der Waals surface area (Å²) in [6.45, 7) is 5.03. The largest absolute Gasteiger partial charge is 0.495 e. The van der Waals surface area contributed by atoms with E-state index in [2.05, 4.69) is 44.8 Å². The number of aromatic nitrogens is 1. The van der Waals surface area contributed by atoms with Crippen LogP contribution in [0.5, 0.6) is 11.5 Å². The topological polar surface area (TPSA) is 203 Å². The number of carbonyl (C=O) groups is 2. The number of fused-ring (bicyclic) bond motifs is 1. The molecule has 1 spiro atoms. The van der Waals surface area contributed by atoms with Gasteiger partial charge in [0.25, 0.3) is 11.8 Å². The molecule has 0 saturated carbocycles. The Hall–Kier alpha value is -4.59. The van der Waals surface area contributed by atoms with Crippen LogP contribution in [-0.2, 0) is 5.41 Å². The highest BCUT2D eigenvalue weighted by Gasteiger charge is 2.68. The van der Waals surface area contributed by atoms with Gasteiger partial charge in [-0.05, 0) is 30.0 Å². The molecule has 42 heavy (non-hydrogen) atoms. The Morgan fingerprint density at radius 3 is 2.81 bits per heavy atom. The van der Waals surface area contributed by atoms with Crippen LogP contribution in [0.15, 0.2) is 41.5 Å². The van der Waals surface area contributed by atoms with Crippen LogP contribution in [0, 0.1) is 0 Å². The van der Waals surface area contributed by atoms with Crippen LogP contribution < -0.4 is 41.9 Å². The molecule has 5 heterocycles. The second-order valence-corrected chi connectivity index (χ2v) is 11.6. The number of nitrogens with one attached hydrogen (secondary N) is 4. The van der Waals surface area contributed by atoms with Crippen molar-refractivity contribution in [2.45, 2.75) is 55.6 Å². The van der Waals surface area contributed by atoms with Gasteiger partial charge in [0.15, 0.2) is 12.0 Å². The first-order valence-electron chi connectivity index (χ1n) is 13.9. The summed E-state index contributed by atoms with van der Waals surface area (Å²) in [5.74, 6) is 0.701. The Bertz CT molecular complexity index is 1480. The van der Waals surface area contributed by atoms with Crippen molar-refractivity contribution in [3.8, 4) is 11.5 Å². The van der Waals surface area contributed by atoms with Crippen molar-refractivity contribution in [2.75, 3.05) is 26.8 Å². The fraction of sp³-hybridized carbons (Fsp3) is 0.464. The molecule has 4 aliphatic rings. The number of hydrogen-bond donors (Lipinski definition) is 7. The molecular formula is C28H36N9O5+. The van der Waals surface area contributed by atoms with E-state index in [0.717, 1.165) is 12.0 Å². The minimum atomic E-state index is -1.21. The summed E-state index contributed by atoms with van der Waals surface area (Å²) in [6.07, 6.45) is 1.16. The molecule has 1 aromatic heterocycles. The van der Waals surface area contributed by atoms with Crippen LogP contribution >= 0.6 is 0 Å². The first kappa shape index (κ1) is 27.6. The Morgan fingerprint density at radius 2 is 2.07 bits per heavy atom. The third-order valence-electron chi connectivity index (χ3n) is 8.69. The number of guanidine groups is 2. The maximum Gasteiger partial charge on any atom is 0.343 e. The lowest BCUT2D eigenvalue weighted by atomic mass is 9.79. The number of aliphatic hydroxyl groups is 1. The highest BCUT2D eigenvalue weighted by atomic mass is 16.5. The van der Waals surface area contributed by atoms with E-state index in [4.69, 9.17) is 20.9 Å². The first-order chi connectivity index (χ1) is 20.0. The number of ether oxygens (including phenoxy) is 2. The lowest BCUT2D eigenvalue weighted by Gasteiger charge is -2.43. The highest BCUT2D eigenvalue weighted by molar-refractivity contribution is 5.98. The van der Waals surface area contributed by atoms with Crippen molar-refractivity contribution in [1.82, 2.24) is 25.8 Å². The third-order valence-corrected chi connectivity index (χ3v) is 8.69. The van der Waals surface area contributed by atoms with Crippen molar-refractivity contribution >= 4 is 23.7 Å². The van der Waals surface area contributed by atoms with E-state index in [1.165, 1.54) is 13.3 Å². The van der Waals surface area contributed by atoms with E-state index in [9.17, 15) is 14.7 Å². The Labute approximate surface area is 242 Å². The van der Waals surface area contributed by atoms with Gasteiger partial charge in [0.1, 0.15) is 29.3 Å². The number of pyridine rings is 1. The molecule has 14 nitrogen and oxygen atoms in total. The molecule has 0 aliphatic carbocycles. The number of carbonyl (C=O) groups excluding carboxylic acids is 2. The van der Waals surface area contributed by atoms with Gasteiger partial charge in [-0.2, -0.15) is 0 Å². The maximum absolute atomic E-state index is 13.6. The Balaban J connectivity index is 1.21. The van der Waals surface area contributed by atoms with Crippen molar-refractivity contribution in [3.05, 3.63) is 53.3 Å². The van der Waals surface area contributed by atoms with Gasteiger partial charge in [-0.1, -0.05) is 26.0 Å². The molecule has 1 saturated heterocycles. The number of benzene rings is 1. The molecule has 1 fully saturated rings. The number of rotatable bonds is 6. The third kappa shape index (κ3) is 4.33. The number of amides is 2. The molecule has 1 aromatic carbocycles. The van der Waals surface area contributed by atoms with Gasteiger partial charge in [-0.3, -0.25) is 20.3 Å². The van der Waals surface area contributed by atoms with E-state index in [1.807, 2.05) is 12.1 Å². The SMILES string of the molecule is COc1ccc(C(=O)NC[C@@H]2N=C(N)N3CC(NC(=O)c4cccc5c4OCCC5(C)C)[C@@H](O)[C@@]34NC(N)=[NH+][C@@H]24)nc1. The summed E-state index contributed by atoms with van der Waals surface area (Å²) < 4.78 is 11.0. The number of hydrogen-bond acceptors (Lipinski definition) is 11. The zero-order valence-corrected chi connectivity index (χ0v) is 23.7. The second kappa shape index (κ2) is 10.0. The number of aliphatic imine (C=N–C) groups is 1. The van der Waals surface area contributed by atoms with Gasteiger partial charge in [-0.15, -0.1) is 0 Å². The molecule has 2 amide bonds. The smallest absolute Gasteiger partial charge is 0.343 e. The number of para-hydroxylation sites is 1. The van der Waals surface area contributed by atoms with Crippen molar-refractivity contribution in [2.24, 2.45) is 16.5 Å². The molecule has 2 aromatic rings. The number of aliphatic hydroxyl groups excluding tert-OH is 1. The fourth-order valence-corrected chi connectivity index (χ4v) is 6.41. The summed E-state index contributed by atoms with van der Waals surface area (Å²) in [6, 6.07) is 6.84. The average Bonchev–Trinajstić information content (AvgIpc) is 3.47. The predicted molar refractivity (Wildman–Crippen MR) is 152 cm³/mol. The van der Waals surface area contributed by atoms with Gasteiger partial charge >= 0.3 is 5.96 Å². The molecule has 14 heteroatoms. The van der Waals surface area contributed by atoms with E-state index in [1.54, 1.807) is 23.1 Å². The van der Waals surface area contributed by atoms with Gasteiger partial charge in [0, 0.05) is 18.7 Å². The second-order valence-electron chi connectivity index (χ2n) is 11.6. The summed E-state index contributed by atoms with van der Waals surface area (Å²) in [4.78, 5) is 40.0. The standard InChI is InChI=1S/C28H35N9O5/c1-27(2)9-10-42-20-15(5-4-6-16(20)27)23(39)33-19-13-37-26(30)34-18(21-28(37,22(19)38)36-25(29)35-21)12-32-24(40)17-8-7-14(41-3)11-31-17/h4-8,11,18-19,21-22,38H,9-10,12-13H2,1-3H3,(H2,30,34)(H,32,40)(H,33,39)(H3,29,35,36)/p+1/t18-,19?,21-,22+,28-/m0/s1. The number of nitrogens with zero attached hydrogens (tertiary/aromatic N) is 3. The normalized spacial score (nSPS) is 28.6. The summed E-state index contributed by atoms with van der Waals surface area (Å²) in [7, 11) is 1.52. The molecule has 9 N–H and O–H groups in total. The van der Waals surface area contributed by atoms with Gasteiger partial charge in [-0.25, -0.2) is 15.3 Å². The van der Waals surface area contributed by atoms with Gasteiger partial charge < -0.3 is 35.8 Å². The van der Waals surface area contributed by atoms with Gasteiger partial charge in [0.2, 0.25) is 5.66 Å². The van der Waals surface area contributed by atoms with Crippen molar-refractivity contribution in [3.63, 3.8) is 0 Å². The lowest BCUT2D eigenvalue weighted by molar-refractivity contribution is -0.513. The van der Waals surface area contributed by atoms with Crippen molar-refractivity contribution in [1.29, 1.82) is 0 Å².